The zero-order chi connectivity index (χ0) is 25.2. The summed E-state index contributed by atoms with van der Waals surface area (Å²) in [6.07, 6.45) is 4.11. The van der Waals surface area contributed by atoms with E-state index in [1.165, 1.54) is 66.3 Å². The van der Waals surface area contributed by atoms with Crippen LogP contribution in [0.15, 0.2) is 55.0 Å². The Labute approximate surface area is 206 Å². The van der Waals surface area contributed by atoms with Gasteiger partial charge in [0.1, 0.15) is 11.6 Å². The number of pyridine rings is 1. The first-order valence-corrected chi connectivity index (χ1v) is 11.9. The highest BCUT2D eigenvalue weighted by Crippen LogP contribution is 2.31. The molecule has 0 bridgehead atoms. The van der Waals surface area contributed by atoms with Crippen molar-refractivity contribution in [3.63, 3.8) is 0 Å². The minimum Gasteiger partial charge on any atom is -0.619 e. The van der Waals surface area contributed by atoms with Crippen LogP contribution < -0.4 is 14.8 Å². The molecule has 1 saturated heterocycles. The maximum absolute atomic E-state index is 13.1. The lowest BCUT2D eigenvalue weighted by Crippen LogP contribution is -2.63. The molecule has 9 nitrogen and oxygen atoms in total. The number of piperazine rings is 1. The Morgan fingerprint density at radius 2 is 1.89 bits per heavy atom. The molecule has 1 N–H and O–H groups in total. The molecule has 0 radical (unpaired) electrons. The number of carbonyl (C=O) groups excluding carboxylic acids is 2. The first kappa shape index (κ1) is 24.6. The summed E-state index contributed by atoms with van der Waals surface area (Å²) in [7, 11) is 0. The third kappa shape index (κ3) is 5.75. The fourth-order valence-electron chi connectivity index (χ4n) is 3.97. The van der Waals surface area contributed by atoms with Crippen LogP contribution in [0.4, 0.5) is 9.52 Å². The Bertz CT molecular complexity index is 1200. The molecule has 35 heavy (non-hydrogen) atoms. The van der Waals surface area contributed by atoms with Crippen molar-refractivity contribution in [1.82, 2.24) is 14.8 Å². The van der Waals surface area contributed by atoms with Crippen LogP contribution in [-0.4, -0.2) is 57.8 Å². The summed E-state index contributed by atoms with van der Waals surface area (Å²) < 4.78 is 19.3. The summed E-state index contributed by atoms with van der Waals surface area (Å²) in [6, 6.07) is 8.20. The van der Waals surface area contributed by atoms with Gasteiger partial charge in [-0.2, -0.15) is 4.73 Å². The number of ether oxygens (including phenoxy) is 1. The molecule has 0 saturated carbocycles. The molecule has 1 atom stereocenters. The van der Waals surface area contributed by atoms with Crippen molar-refractivity contribution in [2.45, 2.75) is 32.4 Å². The van der Waals surface area contributed by atoms with Gasteiger partial charge in [0.2, 0.25) is 11.0 Å². The fourth-order valence-corrected chi connectivity index (χ4v) is 4.66. The number of nitrogens with zero attached hydrogens (tertiary/aromatic N) is 4. The van der Waals surface area contributed by atoms with Gasteiger partial charge in [-0.15, -0.1) is 0 Å². The Balaban J connectivity index is 1.35. The minimum absolute atomic E-state index is 0.149. The summed E-state index contributed by atoms with van der Waals surface area (Å²) in [5.74, 6) is -0.247. The maximum Gasteiger partial charge on any atom is 0.254 e. The van der Waals surface area contributed by atoms with Crippen molar-refractivity contribution in [2.75, 3.05) is 25.0 Å². The van der Waals surface area contributed by atoms with Crippen molar-refractivity contribution in [2.24, 2.45) is 0 Å². The van der Waals surface area contributed by atoms with Gasteiger partial charge in [0.15, 0.2) is 17.5 Å². The van der Waals surface area contributed by atoms with E-state index in [4.69, 9.17) is 4.74 Å². The SMILES string of the molecule is C[C@H](C(=O)Nc1ncc(Oc2ccc(F)cc2)s1)N1CCN(C(=O)c2cc[n+]([O-])cc2)C(C)(C)C1. The van der Waals surface area contributed by atoms with Gasteiger partial charge in [-0.3, -0.25) is 14.5 Å². The number of hydrogen-bond acceptors (Lipinski definition) is 7. The average Bonchev–Trinajstić information content (AvgIpc) is 3.26. The van der Waals surface area contributed by atoms with Gasteiger partial charge in [-0.1, -0.05) is 11.3 Å². The highest BCUT2D eigenvalue weighted by atomic mass is 32.1. The van der Waals surface area contributed by atoms with Crippen LogP contribution in [0.3, 0.4) is 0 Å². The maximum atomic E-state index is 13.1. The van der Waals surface area contributed by atoms with E-state index in [9.17, 15) is 19.2 Å². The van der Waals surface area contributed by atoms with Gasteiger partial charge in [0, 0.05) is 31.8 Å². The van der Waals surface area contributed by atoms with Gasteiger partial charge >= 0.3 is 0 Å². The molecule has 1 fully saturated rings. The van der Waals surface area contributed by atoms with Crippen LogP contribution in [-0.2, 0) is 4.79 Å². The van der Waals surface area contributed by atoms with Crippen LogP contribution in [0.25, 0.3) is 0 Å². The molecule has 0 spiro atoms. The first-order chi connectivity index (χ1) is 16.6. The number of anilines is 1. The molecule has 1 aliphatic heterocycles. The fraction of sp³-hybridized carbons (Fsp3) is 0.333. The van der Waals surface area contributed by atoms with E-state index in [-0.39, 0.29) is 17.6 Å². The molecule has 1 aliphatic rings. The summed E-state index contributed by atoms with van der Waals surface area (Å²) >= 11 is 1.17. The number of rotatable bonds is 6. The van der Waals surface area contributed by atoms with E-state index in [0.717, 1.165) is 0 Å². The monoisotopic (exact) mass is 499 g/mol. The highest BCUT2D eigenvalue weighted by molar-refractivity contribution is 7.17. The number of thiazole rings is 1. The van der Waals surface area contributed by atoms with E-state index < -0.39 is 11.6 Å². The number of benzene rings is 1. The zero-order valence-corrected chi connectivity index (χ0v) is 20.4. The molecular weight excluding hydrogens is 473 g/mol. The molecule has 2 aromatic heterocycles. The van der Waals surface area contributed by atoms with Crippen molar-refractivity contribution in [1.29, 1.82) is 0 Å². The molecule has 4 rings (SSSR count). The van der Waals surface area contributed by atoms with E-state index in [2.05, 4.69) is 10.3 Å². The van der Waals surface area contributed by atoms with Gasteiger partial charge in [0.05, 0.1) is 23.3 Å². The molecule has 0 unspecified atom stereocenters. The summed E-state index contributed by atoms with van der Waals surface area (Å²) in [4.78, 5) is 33.9. The first-order valence-electron chi connectivity index (χ1n) is 11.1. The second-order valence-corrected chi connectivity index (χ2v) is 9.89. The summed E-state index contributed by atoms with van der Waals surface area (Å²) in [6.45, 7) is 7.20. The number of nitrogens with one attached hydrogen (secondary N) is 1. The van der Waals surface area contributed by atoms with E-state index in [1.54, 1.807) is 4.90 Å². The lowest BCUT2D eigenvalue weighted by Gasteiger charge is -2.48. The minimum atomic E-state index is -0.523. The molecular formula is C24H26FN5O4S. The van der Waals surface area contributed by atoms with Gasteiger partial charge in [0.25, 0.3) is 5.91 Å². The van der Waals surface area contributed by atoms with Crippen LogP contribution in [0.2, 0.25) is 0 Å². The van der Waals surface area contributed by atoms with Crippen molar-refractivity contribution in [3.05, 3.63) is 71.6 Å². The number of carbonyl (C=O) groups is 2. The second kappa shape index (κ2) is 9.96. The third-order valence-electron chi connectivity index (χ3n) is 5.90. The van der Waals surface area contributed by atoms with Crippen LogP contribution in [0.5, 0.6) is 10.8 Å². The normalized spacial score (nSPS) is 16.5. The summed E-state index contributed by atoms with van der Waals surface area (Å²) in [5, 5.41) is 15.0. The Morgan fingerprint density at radius 1 is 1.20 bits per heavy atom. The second-order valence-electron chi connectivity index (χ2n) is 8.89. The van der Waals surface area contributed by atoms with Gasteiger partial charge < -0.3 is 20.2 Å². The van der Waals surface area contributed by atoms with Gasteiger partial charge in [-0.25, -0.2) is 9.37 Å². The van der Waals surface area contributed by atoms with Crippen molar-refractivity contribution >= 4 is 28.3 Å². The molecule has 2 amide bonds. The molecule has 0 aliphatic carbocycles. The van der Waals surface area contributed by atoms with E-state index in [1.807, 2.05) is 25.7 Å². The van der Waals surface area contributed by atoms with Crippen LogP contribution >= 0.6 is 11.3 Å². The number of aromatic nitrogens is 2. The largest absolute Gasteiger partial charge is 0.619 e. The quantitative estimate of drug-likeness (QED) is 0.413. The number of hydrogen-bond donors (Lipinski definition) is 1. The standard InChI is InChI=1S/C24H26FN5O4S/c1-16(21(31)27-23-26-14-20(35-23)34-19-6-4-18(25)5-7-19)28-12-13-30(24(2,3)15-28)22(32)17-8-10-29(33)11-9-17/h4-11,14,16H,12-13,15H2,1-3H3,(H,26,27,31)/t16-/m1/s1. The Morgan fingerprint density at radius 3 is 2.54 bits per heavy atom. The average molecular weight is 500 g/mol. The van der Waals surface area contributed by atoms with Crippen LogP contribution in [0, 0.1) is 11.0 Å². The smallest absolute Gasteiger partial charge is 0.254 e. The van der Waals surface area contributed by atoms with Crippen molar-refractivity contribution in [3.8, 4) is 10.8 Å². The lowest BCUT2D eigenvalue weighted by atomic mass is 9.96. The Hall–Kier alpha value is -3.57. The van der Waals surface area contributed by atoms with E-state index in [0.29, 0.717) is 45.9 Å². The predicted molar refractivity (Wildman–Crippen MR) is 129 cm³/mol. The van der Waals surface area contributed by atoms with E-state index >= 15 is 0 Å². The van der Waals surface area contributed by atoms with Gasteiger partial charge in [-0.05, 0) is 45.0 Å². The molecule has 184 valence electrons. The van der Waals surface area contributed by atoms with Crippen molar-refractivity contribution < 1.29 is 23.4 Å². The number of amides is 2. The Kier molecular flexibility index (Phi) is 6.99. The third-order valence-corrected chi connectivity index (χ3v) is 6.69. The number of halogens is 1. The zero-order valence-electron chi connectivity index (χ0n) is 19.6. The molecule has 1 aromatic carbocycles. The topological polar surface area (TPSA) is 102 Å². The highest BCUT2D eigenvalue weighted by Gasteiger charge is 2.39. The predicted octanol–water partition coefficient (Wildman–Crippen LogP) is 3.27. The molecule has 11 heteroatoms. The molecule has 3 heterocycles. The lowest BCUT2D eigenvalue weighted by molar-refractivity contribution is -0.605. The van der Waals surface area contributed by atoms with Crippen LogP contribution in [0.1, 0.15) is 31.1 Å². The molecule has 3 aromatic rings. The summed E-state index contributed by atoms with van der Waals surface area (Å²) in [5.41, 5.74) is -0.0725.